The molecule has 0 unspecified atom stereocenters. The number of amides is 1. The molecule has 1 atom stereocenters. The summed E-state index contributed by atoms with van der Waals surface area (Å²) >= 11 is 1.51. The SMILES string of the molecule is O=C(NCc1ccccc1C(F)(F)F)[C@H]1CCCN(c2nccnc2Sc2ccccc2)C1. The van der Waals surface area contributed by atoms with Gasteiger partial charge in [-0.3, -0.25) is 4.79 Å². The highest BCUT2D eigenvalue weighted by molar-refractivity contribution is 7.99. The molecule has 0 aliphatic carbocycles. The monoisotopic (exact) mass is 472 g/mol. The Kier molecular flexibility index (Phi) is 7.17. The number of aromatic nitrogens is 2. The van der Waals surface area contributed by atoms with E-state index in [-0.39, 0.29) is 23.9 Å². The molecule has 1 aliphatic rings. The number of carbonyl (C=O) groups is 1. The molecule has 2 heterocycles. The van der Waals surface area contributed by atoms with Crippen LogP contribution in [0.25, 0.3) is 0 Å². The largest absolute Gasteiger partial charge is 0.416 e. The van der Waals surface area contributed by atoms with Gasteiger partial charge in [0.05, 0.1) is 11.5 Å². The first-order valence-corrected chi connectivity index (χ1v) is 11.4. The molecule has 0 radical (unpaired) electrons. The molecule has 0 saturated carbocycles. The van der Waals surface area contributed by atoms with Crippen LogP contribution in [0.1, 0.15) is 24.0 Å². The summed E-state index contributed by atoms with van der Waals surface area (Å²) in [4.78, 5) is 24.9. The van der Waals surface area contributed by atoms with Gasteiger partial charge in [-0.05, 0) is 36.6 Å². The van der Waals surface area contributed by atoms with Crippen molar-refractivity contribution in [2.45, 2.75) is 35.5 Å². The molecule has 5 nitrogen and oxygen atoms in total. The molecule has 0 bridgehead atoms. The van der Waals surface area contributed by atoms with Gasteiger partial charge < -0.3 is 10.2 Å². The Hall–Kier alpha value is -3.07. The van der Waals surface area contributed by atoms with Crippen molar-refractivity contribution < 1.29 is 18.0 Å². The number of alkyl halides is 3. The van der Waals surface area contributed by atoms with Crippen LogP contribution in [0.15, 0.2) is 76.9 Å². The summed E-state index contributed by atoms with van der Waals surface area (Å²) in [6.07, 6.45) is 0.263. The summed E-state index contributed by atoms with van der Waals surface area (Å²) in [6.45, 7) is 1.01. The van der Waals surface area contributed by atoms with Crippen LogP contribution >= 0.6 is 11.8 Å². The van der Waals surface area contributed by atoms with Gasteiger partial charge in [-0.15, -0.1) is 0 Å². The zero-order chi connectivity index (χ0) is 23.3. The van der Waals surface area contributed by atoms with Gasteiger partial charge in [0.1, 0.15) is 5.03 Å². The second-order valence-corrected chi connectivity index (χ2v) is 8.82. The standard InChI is InChI=1S/C24H23F3N4OS/c25-24(26,27)20-11-5-4-7-17(20)15-30-22(32)18-8-6-14-31(16-18)21-23(29-13-12-28-21)33-19-9-2-1-3-10-19/h1-5,7,9-13,18H,6,8,14-16H2,(H,30,32)/t18-/m0/s1. The summed E-state index contributed by atoms with van der Waals surface area (Å²) in [5, 5.41) is 3.45. The van der Waals surface area contributed by atoms with E-state index in [0.717, 1.165) is 29.0 Å². The molecule has 1 saturated heterocycles. The third-order valence-corrected chi connectivity index (χ3v) is 6.46. The lowest BCUT2D eigenvalue weighted by Crippen LogP contribution is -2.43. The smallest absolute Gasteiger partial charge is 0.354 e. The minimum atomic E-state index is -4.46. The molecule has 9 heteroatoms. The predicted molar refractivity (Wildman–Crippen MR) is 121 cm³/mol. The van der Waals surface area contributed by atoms with E-state index in [1.54, 1.807) is 18.5 Å². The van der Waals surface area contributed by atoms with Crippen LogP contribution in [-0.4, -0.2) is 29.0 Å². The van der Waals surface area contributed by atoms with Gasteiger partial charge in [-0.25, -0.2) is 9.97 Å². The lowest BCUT2D eigenvalue weighted by atomic mass is 9.97. The molecule has 4 rings (SSSR count). The maximum absolute atomic E-state index is 13.2. The Morgan fingerprint density at radius 2 is 1.79 bits per heavy atom. The minimum absolute atomic E-state index is 0.0569. The van der Waals surface area contributed by atoms with Gasteiger partial charge in [-0.1, -0.05) is 48.2 Å². The maximum Gasteiger partial charge on any atom is 0.416 e. The van der Waals surface area contributed by atoms with Crippen LogP contribution in [0, 0.1) is 5.92 Å². The number of halogens is 3. The van der Waals surface area contributed by atoms with E-state index in [2.05, 4.69) is 15.3 Å². The Morgan fingerprint density at radius 3 is 2.58 bits per heavy atom. The first kappa shape index (κ1) is 23.1. The highest BCUT2D eigenvalue weighted by Gasteiger charge is 2.33. The Morgan fingerprint density at radius 1 is 1.06 bits per heavy atom. The number of nitrogens with one attached hydrogen (secondary N) is 1. The Labute approximate surface area is 194 Å². The highest BCUT2D eigenvalue weighted by atomic mass is 32.2. The molecule has 33 heavy (non-hydrogen) atoms. The van der Waals surface area contributed by atoms with Gasteiger partial charge in [0.2, 0.25) is 5.91 Å². The molecule has 1 N–H and O–H groups in total. The third kappa shape index (κ3) is 5.84. The Balaban J connectivity index is 1.43. The van der Waals surface area contributed by atoms with Crippen LogP contribution in [0.3, 0.4) is 0 Å². The second kappa shape index (κ2) is 10.2. The molecule has 1 fully saturated rings. The van der Waals surface area contributed by atoms with Crippen LogP contribution in [0.5, 0.6) is 0 Å². The molecule has 0 spiro atoms. The van der Waals surface area contributed by atoms with Crippen molar-refractivity contribution in [2.24, 2.45) is 5.92 Å². The van der Waals surface area contributed by atoms with Crippen molar-refractivity contribution >= 4 is 23.5 Å². The number of rotatable bonds is 6. The van der Waals surface area contributed by atoms with E-state index in [1.165, 1.54) is 23.9 Å². The molecular formula is C24H23F3N4OS. The van der Waals surface area contributed by atoms with E-state index in [0.29, 0.717) is 18.8 Å². The first-order chi connectivity index (χ1) is 15.9. The molecule has 1 aromatic heterocycles. The van der Waals surface area contributed by atoms with Crippen molar-refractivity contribution in [3.8, 4) is 0 Å². The molecule has 3 aromatic rings. The van der Waals surface area contributed by atoms with Crippen molar-refractivity contribution in [1.82, 2.24) is 15.3 Å². The fourth-order valence-corrected chi connectivity index (χ4v) is 4.77. The van der Waals surface area contributed by atoms with Gasteiger partial charge in [0.15, 0.2) is 5.82 Å². The molecule has 2 aromatic carbocycles. The fraction of sp³-hybridized carbons (Fsp3) is 0.292. The molecule has 172 valence electrons. The van der Waals surface area contributed by atoms with E-state index in [1.807, 2.05) is 35.2 Å². The van der Waals surface area contributed by atoms with Crippen molar-refractivity contribution in [1.29, 1.82) is 0 Å². The minimum Gasteiger partial charge on any atom is -0.354 e. The average molecular weight is 473 g/mol. The molecular weight excluding hydrogens is 449 g/mol. The van der Waals surface area contributed by atoms with Gasteiger partial charge in [-0.2, -0.15) is 13.2 Å². The van der Waals surface area contributed by atoms with E-state index in [4.69, 9.17) is 0 Å². The fourth-order valence-electron chi connectivity index (χ4n) is 3.87. The number of hydrogen-bond donors (Lipinski definition) is 1. The summed E-state index contributed by atoms with van der Waals surface area (Å²) in [5.41, 5.74) is -0.667. The van der Waals surface area contributed by atoms with Crippen LogP contribution in [-0.2, 0) is 17.5 Å². The molecule has 1 aliphatic heterocycles. The number of nitrogens with zero attached hydrogens (tertiary/aromatic N) is 3. The van der Waals surface area contributed by atoms with Crippen molar-refractivity contribution in [3.05, 3.63) is 78.1 Å². The van der Waals surface area contributed by atoms with Gasteiger partial charge >= 0.3 is 6.18 Å². The summed E-state index contributed by atoms with van der Waals surface area (Å²) in [6, 6.07) is 15.2. The quantitative estimate of drug-likeness (QED) is 0.536. The lowest BCUT2D eigenvalue weighted by molar-refractivity contribution is -0.138. The van der Waals surface area contributed by atoms with Gasteiger partial charge in [0, 0.05) is 36.9 Å². The molecule has 1 amide bonds. The second-order valence-electron chi connectivity index (χ2n) is 7.76. The lowest BCUT2D eigenvalue weighted by Gasteiger charge is -2.33. The zero-order valence-corrected chi connectivity index (χ0v) is 18.6. The van der Waals surface area contributed by atoms with Crippen LogP contribution in [0.2, 0.25) is 0 Å². The van der Waals surface area contributed by atoms with E-state index in [9.17, 15) is 18.0 Å². The van der Waals surface area contributed by atoms with Crippen molar-refractivity contribution in [3.63, 3.8) is 0 Å². The average Bonchev–Trinajstić information content (AvgIpc) is 2.83. The van der Waals surface area contributed by atoms with E-state index < -0.39 is 11.7 Å². The summed E-state index contributed by atoms with van der Waals surface area (Å²) in [5.74, 6) is 0.123. The summed E-state index contributed by atoms with van der Waals surface area (Å²) in [7, 11) is 0. The van der Waals surface area contributed by atoms with Crippen LogP contribution < -0.4 is 10.2 Å². The number of piperidine rings is 1. The Bertz CT molecular complexity index is 1090. The number of anilines is 1. The predicted octanol–water partition coefficient (Wildman–Crippen LogP) is 5.18. The van der Waals surface area contributed by atoms with Crippen LogP contribution in [0.4, 0.5) is 19.0 Å². The highest BCUT2D eigenvalue weighted by Crippen LogP contribution is 2.34. The number of benzene rings is 2. The number of carbonyl (C=O) groups excluding carboxylic acids is 1. The first-order valence-electron chi connectivity index (χ1n) is 10.6. The zero-order valence-electron chi connectivity index (χ0n) is 17.8. The third-order valence-electron chi connectivity index (χ3n) is 5.47. The van der Waals surface area contributed by atoms with E-state index >= 15 is 0 Å². The summed E-state index contributed by atoms with van der Waals surface area (Å²) < 4.78 is 39.7. The topological polar surface area (TPSA) is 58.1 Å². The number of hydrogen-bond acceptors (Lipinski definition) is 5. The van der Waals surface area contributed by atoms with Crippen molar-refractivity contribution in [2.75, 3.05) is 18.0 Å². The van der Waals surface area contributed by atoms with Gasteiger partial charge in [0.25, 0.3) is 0 Å². The normalized spacial score (nSPS) is 16.5. The maximum atomic E-state index is 13.2.